The largest absolute Gasteiger partial charge is 0.361 e. The normalized spacial score (nSPS) is 11.4. The van der Waals surface area contributed by atoms with E-state index in [0.717, 1.165) is 6.42 Å². The summed E-state index contributed by atoms with van der Waals surface area (Å²) in [4.78, 5) is 3.31. The van der Waals surface area contributed by atoms with Crippen LogP contribution in [0.4, 0.5) is 0 Å². The van der Waals surface area contributed by atoms with Crippen LogP contribution in [0.2, 0.25) is 0 Å². The molecule has 0 saturated heterocycles. The van der Waals surface area contributed by atoms with E-state index in [0.29, 0.717) is 5.92 Å². The molecule has 1 aromatic heterocycles. The highest BCUT2D eigenvalue weighted by atomic mass is 14.7. The SMILES string of the molecule is CCc1c[nH]c2ccc(C(C)C)cc12. The number of H-pyrrole nitrogens is 1. The van der Waals surface area contributed by atoms with Gasteiger partial charge in [0.15, 0.2) is 0 Å². The van der Waals surface area contributed by atoms with E-state index in [4.69, 9.17) is 0 Å². The second-order valence-electron chi connectivity index (χ2n) is 4.13. The van der Waals surface area contributed by atoms with Gasteiger partial charge in [0.05, 0.1) is 0 Å². The maximum Gasteiger partial charge on any atom is 0.0456 e. The Hall–Kier alpha value is -1.24. The van der Waals surface area contributed by atoms with Gasteiger partial charge in [0.1, 0.15) is 0 Å². The molecule has 0 aliphatic carbocycles. The molecule has 74 valence electrons. The number of aromatic amines is 1. The van der Waals surface area contributed by atoms with Crippen LogP contribution >= 0.6 is 0 Å². The van der Waals surface area contributed by atoms with E-state index < -0.39 is 0 Å². The molecule has 0 amide bonds. The van der Waals surface area contributed by atoms with E-state index in [1.54, 1.807) is 0 Å². The zero-order chi connectivity index (χ0) is 10.1. The number of aryl methyl sites for hydroxylation is 1. The molecule has 1 N–H and O–H groups in total. The quantitative estimate of drug-likeness (QED) is 0.735. The number of fused-ring (bicyclic) bond motifs is 1. The molecule has 1 aromatic carbocycles. The van der Waals surface area contributed by atoms with E-state index in [2.05, 4.69) is 50.2 Å². The van der Waals surface area contributed by atoms with Gasteiger partial charge in [-0.15, -0.1) is 0 Å². The average molecular weight is 187 g/mol. The molecule has 1 heterocycles. The molecule has 0 aliphatic heterocycles. The molecule has 1 nitrogen and oxygen atoms in total. The molecule has 0 saturated carbocycles. The molecule has 0 bridgehead atoms. The lowest BCUT2D eigenvalue weighted by Gasteiger charge is -2.05. The van der Waals surface area contributed by atoms with E-state index in [9.17, 15) is 0 Å². The van der Waals surface area contributed by atoms with Gasteiger partial charge in [0, 0.05) is 17.1 Å². The summed E-state index contributed by atoms with van der Waals surface area (Å²) >= 11 is 0. The Morgan fingerprint density at radius 1 is 1.29 bits per heavy atom. The standard InChI is InChI=1S/C13H17N/c1-4-10-8-14-13-6-5-11(9(2)3)7-12(10)13/h5-9,14H,4H2,1-3H3. The maximum atomic E-state index is 3.31. The van der Waals surface area contributed by atoms with Gasteiger partial charge in [-0.25, -0.2) is 0 Å². The molecule has 1 heteroatoms. The molecule has 0 aliphatic rings. The Kier molecular flexibility index (Phi) is 2.32. The van der Waals surface area contributed by atoms with Gasteiger partial charge in [0.25, 0.3) is 0 Å². The fraction of sp³-hybridized carbons (Fsp3) is 0.385. The molecule has 2 aromatic rings. The summed E-state index contributed by atoms with van der Waals surface area (Å²) in [6, 6.07) is 6.71. The van der Waals surface area contributed by atoms with Gasteiger partial charge >= 0.3 is 0 Å². The van der Waals surface area contributed by atoms with Gasteiger partial charge in [-0.1, -0.05) is 26.8 Å². The summed E-state index contributed by atoms with van der Waals surface area (Å²) in [5.74, 6) is 0.610. The van der Waals surface area contributed by atoms with Crippen molar-refractivity contribution in [1.29, 1.82) is 0 Å². The third-order valence-electron chi connectivity index (χ3n) is 2.84. The number of hydrogen-bond donors (Lipinski definition) is 1. The molecule has 0 unspecified atom stereocenters. The third kappa shape index (κ3) is 1.43. The first-order valence-corrected chi connectivity index (χ1v) is 5.32. The number of aromatic nitrogens is 1. The van der Waals surface area contributed by atoms with E-state index in [1.165, 1.54) is 22.0 Å². The molecule has 0 radical (unpaired) electrons. The van der Waals surface area contributed by atoms with Gasteiger partial charge < -0.3 is 4.98 Å². The van der Waals surface area contributed by atoms with Crippen molar-refractivity contribution in [3.8, 4) is 0 Å². The zero-order valence-electron chi connectivity index (χ0n) is 9.09. The second-order valence-corrected chi connectivity index (χ2v) is 4.13. The lowest BCUT2D eigenvalue weighted by atomic mass is 10.00. The van der Waals surface area contributed by atoms with Crippen molar-refractivity contribution in [2.45, 2.75) is 33.1 Å². The second kappa shape index (κ2) is 3.49. The maximum absolute atomic E-state index is 3.31. The van der Waals surface area contributed by atoms with Crippen molar-refractivity contribution in [1.82, 2.24) is 4.98 Å². The molecule has 0 spiro atoms. The Bertz CT molecular complexity index is 437. The smallest absolute Gasteiger partial charge is 0.0456 e. The van der Waals surface area contributed by atoms with Gasteiger partial charge in [-0.2, -0.15) is 0 Å². The average Bonchev–Trinajstić information content (AvgIpc) is 2.59. The van der Waals surface area contributed by atoms with Gasteiger partial charge in [-0.05, 0) is 35.6 Å². The topological polar surface area (TPSA) is 15.8 Å². The van der Waals surface area contributed by atoms with Crippen molar-refractivity contribution >= 4 is 10.9 Å². The van der Waals surface area contributed by atoms with Crippen molar-refractivity contribution in [2.24, 2.45) is 0 Å². The monoisotopic (exact) mass is 187 g/mol. The predicted molar refractivity (Wildman–Crippen MR) is 61.8 cm³/mol. The molecule has 0 fully saturated rings. The molecule has 0 atom stereocenters. The molecule has 2 rings (SSSR count). The van der Waals surface area contributed by atoms with Crippen molar-refractivity contribution in [2.75, 3.05) is 0 Å². The third-order valence-corrected chi connectivity index (χ3v) is 2.84. The van der Waals surface area contributed by atoms with E-state index in [1.807, 2.05) is 0 Å². The summed E-state index contributed by atoms with van der Waals surface area (Å²) in [5, 5.41) is 1.39. The van der Waals surface area contributed by atoms with Crippen molar-refractivity contribution in [3.05, 3.63) is 35.5 Å². The number of hydrogen-bond acceptors (Lipinski definition) is 0. The fourth-order valence-corrected chi connectivity index (χ4v) is 1.85. The predicted octanol–water partition coefficient (Wildman–Crippen LogP) is 3.85. The lowest BCUT2D eigenvalue weighted by molar-refractivity contribution is 0.868. The Labute approximate surface area is 85.1 Å². The minimum atomic E-state index is 0.610. The van der Waals surface area contributed by atoms with Crippen LogP contribution < -0.4 is 0 Å². The van der Waals surface area contributed by atoms with Crippen LogP contribution in [0.5, 0.6) is 0 Å². The number of benzene rings is 1. The highest BCUT2D eigenvalue weighted by Gasteiger charge is 2.04. The van der Waals surface area contributed by atoms with Gasteiger partial charge in [-0.3, -0.25) is 0 Å². The van der Waals surface area contributed by atoms with E-state index >= 15 is 0 Å². The number of rotatable bonds is 2. The first-order valence-electron chi connectivity index (χ1n) is 5.32. The van der Waals surface area contributed by atoms with Crippen molar-refractivity contribution in [3.63, 3.8) is 0 Å². The Balaban J connectivity index is 2.61. The van der Waals surface area contributed by atoms with Crippen LogP contribution in [0, 0.1) is 0 Å². The lowest BCUT2D eigenvalue weighted by Crippen LogP contribution is -1.86. The van der Waals surface area contributed by atoms with E-state index in [-0.39, 0.29) is 0 Å². The van der Waals surface area contributed by atoms with Crippen LogP contribution in [-0.4, -0.2) is 4.98 Å². The van der Waals surface area contributed by atoms with Crippen LogP contribution in [0.3, 0.4) is 0 Å². The highest BCUT2D eigenvalue weighted by Crippen LogP contribution is 2.23. The molecular formula is C13H17N. The number of nitrogens with one attached hydrogen (secondary N) is 1. The first kappa shape index (κ1) is 9.32. The van der Waals surface area contributed by atoms with Crippen LogP contribution in [0.15, 0.2) is 24.4 Å². The zero-order valence-corrected chi connectivity index (χ0v) is 9.09. The minimum Gasteiger partial charge on any atom is -0.361 e. The van der Waals surface area contributed by atoms with Crippen LogP contribution in [0.25, 0.3) is 10.9 Å². The summed E-state index contributed by atoms with van der Waals surface area (Å²) in [6.45, 7) is 6.67. The Morgan fingerprint density at radius 2 is 2.07 bits per heavy atom. The summed E-state index contributed by atoms with van der Waals surface area (Å²) in [7, 11) is 0. The van der Waals surface area contributed by atoms with Crippen molar-refractivity contribution < 1.29 is 0 Å². The van der Waals surface area contributed by atoms with Crippen LogP contribution in [-0.2, 0) is 6.42 Å². The fourth-order valence-electron chi connectivity index (χ4n) is 1.85. The highest BCUT2D eigenvalue weighted by molar-refractivity contribution is 5.84. The first-order chi connectivity index (χ1) is 6.72. The summed E-state index contributed by atoms with van der Waals surface area (Å²) in [5.41, 5.74) is 4.10. The Morgan fingerprint density at radius 3 is 2.71 bits per heavy atom. The molecule has 14 heavy (non-hydrogen) atoms. The molecular weight excluding hydrogens is 170 g/mol. The van der Waals surface area contributed by atoms with Gasteiger partial charge in [0.2, 0.25) is 0 Å². The minimum absolute atomic E-state index is 0.610. The summed E-state index contributed by atoms with van der Waals surface area (Å²) < 4.78 is 0. The summed E-state index contributed by atoms with van der Waals surface area (Å²) in [6.07, 6.45) is 3.22. The van der Waals surface area contributed by atoms with Crippen LogP contribution in [0.1, 0.15) is 37.8 Å².